The van der Waals surface area contributed by atoms with Gasteiger partial charge in [0, 0.05) is 13.0 Å². The van der Waals surface area contributed by atoms with Crippen molar-refractivity contribution in [2.75, 3.05) is 19.7 Å². The van der Waals surface area contributed by atoms with E-state index in [1.807, 2.05) is 80.6 Å². The average Bonchev–Trinajstić information content (AvgIpc) is 3.89. The van der Waals surface area contributed by atoms with E-state index in [1.54, 1.807) is 21.7 Å². The first-order valence-electron chi connectivity index (χ1n) is 17.3. The molecule has 5 bridgehead atoms. The second kappa shape index (κ2) is 13.8. The number of amides is 3. The van der Waals surface area contributed by atoms with E-state index in [9.17, 15) is 19.5 Å². The summed E-state index contributed by atoms with van der Waals surface area (Å²) < 4.78 is 14.3. The Morgan fingerprint density at radius 2 is 1.82 bits per heavy atom. The van der Waals surface area contributed by atoms with Crippen LogP contribution >= 0.6 is 0 Å². The lowest BCUT2D eigenvalue weighted by Crippen LogP contribution is -2.59. The summed E-state index contributed by atoms with van der Waals surface area (Å²) in [4.78, 5) is 60.0. The van der Waals surface area contributed by atoms with E-state index in [1.165, 1.54) is 4.90 Å². The number of para-hydroxylation sites is 1. The third-order valence-electron chi connectivity index (χ3n) is 10.6. The van der Waals surface area contributed by atoms with Crippen LogP contribution in [0.15, 0.2) is 78.9 Å². The van der Waals surface area contributed by atoms with E-state index in [4.69, 9.17) is 9.47 Å². The van der Waals surface area contributed by atoms with Gasteiger partial charge in [-0.3, -0.25) is 19.2 Å². The predicted molar refractivity (Wildman–Crippen MR) is 181 cm³/mol. The molecular weight excluding hydrogens is 640 g/mol. The summed E-state index contributed by atoms with van der Waals surface area (Å²) in [5, 5.41) is 22.2. The molecule has 2 fully saturated rings. The number of cyclic esters (lactones) is 1. The van der Waals surface area contributed by atoms with Crippen molar-refractivity contribution >= 4 is 34.7 Å². The molecule has 4 aliphatic heterocycles. The number of ether oxygens (including phenoxy) is 2. The molecule has 0 unspecified atom stereocenters. The van der Waals surface area contributed by atoms with Crippen molar-refractivity contribution in [3.8, 4) is 0 Å². The maximum absolute atomic E-state index is 15.1. The molecule has 50 heavy (non-hydrogen) atoms. The van der Waals surface area contributed by atoms with Gasteiger partial charge < -0.3 is 29.7 Å². The fraction of sp³-hybridized carbons (Fsp3) is 0.459. The minimum absolute atomic E-state index is 0.00788. The van der Waals surface area contributed by atoms with E-state index >= 15 is 4.79 Å². The maximum Gasteiger partial charge on any atom is 0.313 e. The van der Waals surface area contributed by atoms with Crippen molar-refractivity contribution in [2.24, 2.45) is 17.8 Å². The second-order valence-electron chi connectivity index (χ2n) is 13.5. The van der Waals surface area contributed by atoms with Gasteiger partial charge in [-0.15, -0.1) is 5.10 Å². The molecule has 3 amide bonds. The van der Waals surface area contributed by atoms with Gasteiger partial charge in [-0.25, -0.2) is 4.68 Å². The van der Waals surface area contributed by atoms with Gasteiger partial charge in [-0.05, 0) is 30.0 Å². The van der Waals surface area contributed by atoms with Crippen LogP contribution in [0.1, 0.15) is 44.8 Å². The van der Waals surface area contributed by atoms with Crippen LogP contribution in [-0.4, -0.2) is 97.1 Å². The van der Waals surface area contributed by atoms with Crippen LogP contribution in [0.4, 0.5) is 0 Å². The topological polar surface area (TPSA) is 156 Å². The smallest absolute Gasteiger partial charge is 0.313 e. The average molecular weight is 683 g/mol. The number of hydrogen-bond donors (Lipinski definition) is 2. The molecule has 13 nitrogen and oxygen atoms in total. The predicted octanol–water partition coefficient (Wildman–Crippen LogP) is 2.53. The molecule has 2 N–H and O–H groups in total. The van der Waals surface area contributed by atoms with E-state index in [0.29, 0.717) is 23.9 Å². The molecule has 0 saturated carbocycles. The van der Waals surface area contributed by atoms with Gasteiger partial charge in [0.15, 0.2) is 0 Å². The first-order valence-corrected chi connectivity index (χ1v) is 17.3. The number of allylic oxidation sites excluding steroid dienone is 1. The largest absolute Gasteiger partial charge is 0.455 e. The molecule has 0 aliphatic carbocycles. The fourth-order valence-electron chi connectivity index (χ4n) is 7.85. The highest BCUT2D eigenvalue weighted by atomic mass is 16.6. The van der Waals surface area contributed by atoms with Crippen molar-refractivity contribution in [3.63, 3.8) is 0 Å². The molecule has 4 aliphatic rings. The lowest BCUT2D eigenvalue weighted by Gasteiger charge is -2.40. The van der Waals surface area contributed by atoms with Crippen molar-refractivity contribution in [2.45, 2.75) is 69.7 Å². The zero-order chi connectivity index (χ0) is 35.0. The minimum Gasteiger partial charge on any atom is -0.455 e. The van der Waals surface area contributed by atoms with Crippen LogP contribution < -0.4 is 5.32 Å². The van der Waals surface area contributed by atoms with Gasteiger partial charge in [0.05, 0.1) is 36.7 Å². The number of carbonyl (C=O) groups excluding carboxylic acids is 4. The highest BCUT2D eigenvalue weighted by Crippen LogP contribution is 2.56. The van der Waals surface area contributed by atoms with Crippen LogP contribution in [-0.2, 0) is 35.3 Å². The fourth-order valence-corrected chi connectivity index (χ4v) is 7.85. The van der Waals surface area contributed by atoms with Crippen LogP contribution in [0.25, 0.3) is 11.0 Å². The normalized spacial score (nSPS) is 30.3. The Morgan fingerprint density at radius 3 is 2.60 bits per heavy atom. The standard InChI is InChI=1S/C37H42N6O7/c1-3-23(2)27(21-44)43-33-35(47)41(22-42-26-15-10-9-14-25(26)39-40-42)19-11-5-8-16-30(45)38-20-29(24-12-6-4-7-13-24)49-36(48)31-28-17-18-37(33,50-28)32(31)34(43)46/h4-7,9-15,17-18,23,27-29,31-33,44H,3,8,16,19-22H2,1-2H3,(H,38,45)/b11-5-/t23-,27-,28+,29+,31-,32-,33+,37-/m0/s1. The number of nitrogens with one attached hydrogen (secondary N) is 1. The Morgan fingerprint density at radius 1 is 1.04 bits per heavy atom. The molecule has 2 saturated heterocycles. The van der Waals surface area contributed by atoms with Crippen molar-refractivity contribution in [1.29, 1.82) is 0 Å². The first-order chi connectivity index (χ1) is 24.3. The van der Waals surface area contributed by atoms with Gasteiger partial charge in [0.1, 0.15) is 35.9 Å². The quantitative estimate of drug-likeness (QED) is 0.283. The molecule has 8 atom stereocenters. The van der Waals surface area contributed by atoms with Gasteiger partial charge in [0.2, 0.25) is 11.8 Å². The molecule has 5 heterocycles. The number of aliphatic hydroxyl groups is 1. The van der Waals surface area contributed by atoms with Gasteiger partial charge in [0.25, 0.3) is 5.91 Å². The van der Waals surface area contributed by atoms with E-state index in [-0.39, 0.29) is 44.6 Å². The number of aromatic nitrogens is 3. The number of hydrogen-bond acceptors (Lipinski definition) is 9. The molecule has 3 aromatic rings. The Labute approximate surface area is 289 Å². The molecule has 7 rings (SSSR count). The number of carbonyl (C=O) groups is 4. The first kappa shape index (κ1) is 33.6. The zero-order valence-electron chi connectivity index (χ0n) is 28.1. The number of esters is 1. The number of nitrogens with zero attached hydrogens (tertiary/aromatic N) is 5. The summed E-state index contributed by atoms with van der Waals surface area (Å²) in [5.41, 5.74) is 0.604. The van der Waals surface area contributed by atoms with Gasteiger partial charge in [-0.1, -0.05) is 92.3 Å². The van der Waals surface area contributed by atoms with Gasteiger partial charge >= 0.3 is 5.97 Å². The van der Waals surface area contributed by atoms with Crippen LogP contribution in [0.5, 0.6) is 0 Å². The monoisotopic (exact) mass is 682 g/mol. The second-order valence-corrected chi connectivity index (χ2v) is 13.5. The highest BCUT2D eigenvalue weighted by Gasteiger charge is 2.74. The van der Waals surface area contributed by atoms with Crippen molar-refractivity contribution in [1.82, 2.24) is 30.1 Å². The van der Waals surface area contributed by atoms with Crippen molar-refractivity contribution in [3.05, 3.63) is 84.5 Å². The maximum atomic E-state index is 15.1. The summed E-state index contributed by atoms with van der Waals surface area (Å²) >= 11 is 0. The summed E-state index contributed by atoms with van der Waals surface area (Å²) in [6, 6.07) is 14.6. The summed E-state index contributed by atoms with van der Waals surface area (Å²) in [6.07, 6.45) is 6.77. The lowest BCUT2D eigenvalue weighted by atomic mass is 9.74. The van der Waals surface area contributed by atoms with Gasteiger partial charge in [-0.2, -0.15) is 0 Å². The van der Waals surface area contributed by atoms with Crippen LogP contribution in [0, 0.1) is 17.8 Å². The Hall–Kier alpha value is -4.88. The number of likely N-dealkylation sites (tertiary alicyclic amines) is 1. The molecule has 1 spiro atoms. The number of aliphatic hydroxyl groups excluding tert-OH is 1. The third-order valence-corrected chi connectivity index (χ3v) is 10.6. The molecular formula is C37H42N6O7. The molecule has 1 aromatic heterocycles. The Kier molecular flexibility index (Phi) is 9.27. The summed E-state index contributed by atoms with van der Waals surface area (Å²) in [6.45, 7) is 3.71. The summed E-state index contributed by atoms with van der Waals surface area (Å²) in [7, 11) is 0. The Balaban J connectivity index is 1.32. The molecule has 2 aromatic carbocycles. The van der Waals surface area contributed by atoms with Crippen LogP contribution in [0.3, 0.4) is 0 Å². The number of fused-ring (bicyclic) bond motifs is 3. The van der Waals surface area contributed by atoms with E-state index in [0.717, 1.165) is 5.52 Å². The van der Waals surface area contributed by atoms with Crippen LogP contribution in [0.2, 0.25) is 0 Å². The lowest BCUT2D eigenvalue weighted by molar-refractivity contribution is -0.161. The molecule has 13 heteroatoms. The molecule has 0 radical (unpaired) electrons. The summed E-state index contributed by atoms with van der Waals surface area (Å²) in [5.74, 6) is -4.01. The molecule has 262 valence electrons. The number of rotatable bonds is 7. The SMILES string of the molecule is CC[C@H](C)[C@H](CO)N1C(=O)[C@@H]2[C@H]3C(=O)O[C@@H](c4ccccc4)CNC(=O)CC/C=C\CN(Cn4nnc5ccccc54)C(=O)[C@@H]1[C@]21C=C[C@H]3O1. The third kappa shape index (κ3) is 5.77. The van der Waals surface area contributed by atoms with Crippen molar-refractivity contribution < 1.29 is 33.8 Å². The number of benzene rings is 2. The van der Waals surface area contributed by atoms with E-state index < -0.39 is 59.5 Å². The zero-order valence-corrected chi connectivity index (χ0v) is 28.1. The Bertz CT molecular complexity index is 1830. The highest BCUT2D eigenvalue weighted by molar-refractivity contribution is 5.99. The minimum atomic E-state index is -1.47. The van der Waals surface area contributed by atoms with E-state index in [2.05, 4.69) is 15.6 Å².